The second-order valence-corrected chi connectivity index (χ2v) is 10.7. The van der Waals surface area contributed by atoms with E-state index in [9.17, 15) is 26.8 Å². The van der Waals surface area contributed by atoms with Crippen LogP contribution in [-0.2, 0) is 26.2 Å². The molecule has 2 aromatic rings. The lowest BCUT2D eigenvalue weighted by Gasteiger charge is -2.31. The zero-order valence-electron chi connectivity index (χ0n) is 19.2. The predicted molar refractivity (Wildman–Crippen MR) is 131 cm³/mol. The Bertz CT molecular complexity index is 1130. The number of carbonyl (C=O) groups is 2. The van der Waals surface area contributed by atoms with Crippen molar-refractivity contribution in [2.45, 2.75) is 39.3 Å². The molecular formula is C23H28BrF2N3O4S. The Hall–Kier alpha value is -2.53. The van der Waals surface area contributed by atoms with Crippen molar-refractivity contribution in [3.63, 3.8) is 0 Å². The number of unbranched alkanes of at least 4 members (excludes halogenated alkanes) is 1. The van der Waals surface area contributed by atoms with Crippen molar-refractivity contribution in [3.8, 4) is 0 Å². The molecule has 0 spiro atoms. The lowest BCUT2D eigenvalue weighted by Crippen LogP contribution is -2.51. The van der Waals surface area contributed by atoms with E-state index in [0.717, 1.165) is 41.3 Å². The molecule has 0 aliphatic rings. The van der Waals surface area contributed by atoms with Gasteiger partial charge in [-0.15, -0.1) is 0 Å². The molecule has 2 aromatic carbocycles. The van der Waals surface area contributed by atoms with Crippen LogP contribution in [0, 0.1) is 11.6 Å². The van der Waals surface area contributed by atoms with E-state index in [0.29, 0.717) is 16.9 Å². The molecule has 2 amide bonds. The number of halogens is 3. The zero-order chi connectivity index (χ0) is 25.5. The van der Waals surface area contributed by atoms with E-state index < -0.39 is 40.2 Å². The van der Waals surface area contributed by atoms with Crippen molar-refractivity contribution in [2.24, 2.45) is 0 Å². The Morgan fingerprint density at radius 3 is 2.41 bits per heavy atom. The summed E-state index contributed by atoms with van der Waals surface area (Å²) in [6.45, 7) is 3.33. The minimum absolute atomic E-state index is 0.0377. The summed E-state index contributed by atoms with van der Waals surface area (Å²) >= 11 is 3.37. The summed E-state index contributed by atoms with van der Waals surface area (Å²) in [5.74, 6) is -3.44. The molecule has 0 bridgehead atoms. The van der Waals surface area contributed by atoms with Gasteiger partial charge < -0.3 is 10.2 Å². The highest BCUT2D eigenvalue weighted by molar-refractivity contribution is 9.10. The smallest absolute Gasteiger partial charge is 0.244 e. The average Bonchev–Trinajstić information content (AvgIpc) is 2.76. The number of rotatable bonds is 11. The highest BCUT2D eigenvalue weighted by Gasteiger charge is 2.30. The molecule has 2 rings (SSSR count). The third-order valence-corrected chi connectivity index (χ3v) is 6.74. The summed E-state index contributed by atoms with van der Waals surface area (Å²) in [7, 11) is -4.03. The lowest BCUT2D eigenvalue weighted by atomic mass is 10.1. The van der Waals surface area contributed by atoms with Crippen LogP contribution in [-0.4, -0.2) is 50.5 Å². The minimum Gasteiger partial charge on any atom is -0.354 e. The number of hydrogen-bond acceptors (Lipinski definition) is 4. The van der Waals surface area contributed by atoms with Crippen molar-refractivity contribution < 1.29 is 26.8 Å². The van der Waals surface area contributed by atoms with Crippen LogP contribution >= 0.6 is 15.9 Å². The van der Waals surface area contributed by atoms with E-state index in [-0.39, 0.29) is 18.1 Å². The van der Waals surface area contributed by atoms with Crippen LogP contribution in [0.15, 0.2) is 46.9 Å². The Morgan fingerprint density at radius 1 is 1.12 bits per heavy atom. The van der Waals surface area contributed by atoms with Gasteiger partial charge in [-0.25, -0.2) is 17.2 Å². The third kappa shape index (κ3) is 7.76. The molecule has 11 heteroatoms. The number of anilines is 1. The number of nitrogens with one attached hydrogen (secondary N) is 1. The number of amides is 2. The van der Waals surface area contributed by atoms with Crippen LogP contribution in [0.2, 0.25) is 0 Å². The Kier molecular flexibility index (Phi) is 9.99. The Labute approximate surface area is 207 Å². The fourth-order valence-corrected chi connectivity index (χ4v) is 4.49. The molecule has 1 unspecified atom stereocenters. The van der Waals surface area contributed by atoms with Gasteiger partial charge in [0.25, 0.3) is 0 Å². The second kappa shape index (κ2) is 12.3. The van der Waals surface area contributed by atoms with Gasteiger partial charge in [0, 0.05) is 23.6 Å². The summed E-state index contributed by atoms with van der Waals surface area (Å²) < 4.78 is 53.5. The highest BCUT2D eigenvalue weighted by Crippen LogP contribution is 2.22. The van der Waals surface area contributed by atoms with Crippen LogP contribution < -0.4 is 9.62 Å². The first kappa shape index (κ1) is 27.7. The topological polar surface area (TPSA) is 86.8 Å². The summed E-state index contributed by atoms with van der Waals surface area (Å²) in [5.41, 5.74) is 0.520. The van der Waals surface area contributed by atoms with Gasteiger partial charge in [0.1, 0.15) is 12.6 Å². The lowest BCUT2D eigenvalue weighted by molar-refractivity contribution is -0.139. The fourth-order valence-electron chi connectivity index (χ4n) is 3.20. The first-order valence-corrected chi connectivity index (χ1v) is 13.3. The Balaban J connectivity index is 2.37. The summed E-state index contributed by atoms with van der Waals surface area (Å²) in [6, 6.07) is 8.81. The maximum absolute atomic E-state index is 13.8. The highest BCUT2D eigenvalue weighted by atomic mass is 79.9. The van der Waals surface area contributed by atoms with Crippen LogP contribution in [0.1, 0.15) is 32.3 Å². The van der Waals surface area contributed by atoms with E-state index in [1.807, 2.05) is 13.0 Å². The second-order valence-electron chi connectivity index (χ2n) is 7.84. The SMILES string of the molecule is CCCCNC(=O)C(C)N(Cc1cccc(Br)c1)C(=O)CN(c1ccc(F)c(F)c1)S(C)(=O)=O. The molecule has 0 fully saturated rings. The first-order valence-electron chi connectivity index (χ1n) is 10.7. The third-order valence-electron chi connectivity index (χ3n) is 5.11. The molecule has 0 saturated heterocycles. The molecule has 0 aliphatic heterocycles. The minimum atomic E-state index is -4.03. The fraction of sp³-hybridized carbons (Fsp3) is 0.391. The first-order chi connectivity index (χ1) is 15.9. The largest absolute Gasteiger partial charge is 0.354 e. The summed E-state index contributed by atoms with van der Waals surface area (Å²) in [5, 5.41) is 2.78. The number of sulfonamides is 1. The number of carbonyl (C=O) groups excluding carboxylic acids is 2. The van der Waals surface area contributed by atoms with Gasteiger partial charge in [0.2, 0.25) is 21.8 Å². The van der Waals surface area contributed by atoms with Gasteiger partial charge in [-0.05, 0) is 43.2 Å². The van der Waals surface area contributed by atoms with E-state index in [1.165, 1.54) is 4.90 Å². The van der Waals surface area contributed by atoms with Crippen LogP contribution in [0.4, 0.5) is 14.5 Å². The molecule has 1 N–H and O–H groups in total. The summed E-state index contributed by atoms with van der Waals surface area (Å²) in [4.78, 5) is 27.3. The molecule has 0 aliphatic carbocycles. The van der Waals surface area contributed by atoms with Gasteiger partial charge in [0.05, 0.1) is 11.9 Å². The molecule has 186 valence electrons. The Morgan fingerprint density at radius 2 is 1.82 bits per heavy atom. The van der Waals surface area contributed by atoms with E-state index >= 15 is 0 Å². The van der Waals surface area contributed by atoms with Crippen LogP contribution in [0.25, 0.3) is 0 Å². The standard InChI is InChI=1S/C23H28BrF2N3O4S/c1-4-5-11-27-23(31)16(2)28(14-17-7-6-8-18(24)12-17)22(30)15-29(34(3,32)33)19-9-10-20(25)21(26)13-19/h6-10,12-13,16H,4-5,11,14-15H2,1-3H3,(H,27,31). The summed E-state index contributed by atoms with van der Waals surface area (Å²) in [6.07, 6.45) is 2.52. The van der Waals surface area contributed by atoms with Crippen molar-refractivity contribution in [1.82, 2.24) is 10.2 Å². The average molecular weight is 560 g/mol. The maximum Gasteiger partial charge on any atom is 0.244 e. The van der Waals surface area contributed by atoms with Gasteiger partial charge in [-0.1, -0.05) is 41.4 Å². The molecule has 0 radical (unpaired) electrons. The maximum atomic E-state index is 13.8. The van der Waals surface area contributed by atoms with Crippen LogP contribution in [0.3, 0.4) is 0 Å². The number of benzene rings is 2. The molecule has 34 heavy (non-hydrogen) atoms. The van der Waals surface area contributed by atoms with Crippen LogP contribution in [0.5, 0.6) is 0 Å². The molecule has 7 nitrogen and oxygen atoms in total. The monoisotopic (exact) mass is 559 g/mol. The number of hydrogen-bond donors (Lipinski definition) is 1. The predicted octanol–water partition coefficient (Wildman–Crippen LogP) is 3.83. The molecule has 1 atom stereocenters. The van der Waals surface area contributed by atoms with E-state index in [2.05, 4.69) is 21.2 Å². The quantitative estimate of drug-likeness (QED) is 0.424. The zero-order valence-corrected chi connectivity index (χ0v) is 21.6. The van der Waals surface area contributed by atoms with Gasteiger partial charge in [0.15, 0.2) is 11.6 Å². The molecule has 0 aromatic heterocycles. The number of nitrogens with zero attached hydrogens (tertiary/aromatic N) is 2. The molecular weight excluding hydrogens is 532 g/mol. The van der Waals surface area contributed by atoms with Gasteiger partial charge in [-0.2, -0.15) is 0 Å². The van der Waals surface area contributed by atoms with Gasteiger partial charge in [-0.3, -0.25) is 13.9 Å². The van der Waals surface area contributed by atoms with Crippen molar-refractivity contribution in [3.05, 3.63) is 64.1 Å². The van der Waals surface area contributed by atoms with Crippen molar-refractivity contribution >= 4 is 43.5 Å². The van der Waals surface area contributed by atoms with E-state index in [4.69, 9.17) is 0 Å². The van der Waals surface area contributed by atoms with E-state index in [1.54, 1.807) is 25.1 Å². The molecule has 0 saturated carbocycles. The van der Waals surface area contributed by atoms with Crippen molar-refractivity contribution in [2.75, 3.05) is 23.7 Å². The van der Waals surface area contributed by atoms with Crippen molar-refractivity contribution in [1.29, 1.82) is 0 Å². The normalized spacial score (nSPS) is 12.2. The van der Waals surface area contributed by atoms with Gasteiger partial charge >= 0.3 is 0 Å². The molecule has 0 heterocycles.